The molecular formula is C17H13BrS. The second-order valence-electron chi connectivity index (χ2n) is 4.41. The van der Waals surface area contributed by atoms with Crippen molar-refractivity contribution in [1.29, 1.82) is 0 Å². The SMILES string of the molecule is Brc1cccs1.c1ccc2c(c1)Cc1ccccc1-2. The Labute approximate surface area is 125 Å². The molecule has 0 N–H and O–H groups in total. The second-order valence-corrected chi connectivity index (χ2v) is 6.74. The molecule has 1 aromatic heterocycles. The molecule has 0 amide bonds. The lowest BCUT2D eigenvalue weighted by molar-refractivity contribution is 1.26. The Morgan fingerprint density at radius 1 is 0.737 bits per heavy atom. The Morgan fingerprint density at radius 3 is 1.74 bits per heavy atom. The van der Waals surface area contributed by atoms with Crippen LogP contribution in [0.2, 0.25) is 0 Å². The molecule has 1 aliphatic carbocycles. The van der Waals surface area contributed by atoms with Gasteiger partial charge in [0.15, 0.2) is 0 Å². The normalized spacial score (nSPS) is 11.2. The zero-order valence-corrected chi connectivity index (χ0v) is 12.7. The summed E-state index contributed by atoms with van der Waals surface area (Å²) in [5.74, 6) is 0. The minimum Gasteiger partial charge on any atom is -0.137 e. The minimum atomic E-state index is 1.10. The molecule has 4 rings (SSSR count). The maximum absolute atomic E-state index is 3.30. The number of hydrogen-bond acceptors (Lipinski definition) is 1. The van der Waals surface area contributed by atoms with Gasteiger partial charge in [0.25, 0.3) is 0 Å². The number of hydrogen-bond donors (Lipinski definition) is 0. The van der Waals surface area contributed by atoms with Crippen LogP contribution in [0.25, 0.3) is 11.1 Å². The fourth-order valence-corrected chi connectivity index (χ4v) is 3.26. The predicted molar refractivity (Wildman–Crippen MR) is 86.7 cm³/mol. The Kier molecular flexibility index (Phi) is 3.81. The van der Waals surface area contributed by atoms with E-state index in [1.165, 1.54) is 26.0 Å². The maximum Gasteiger partial charge on any atom is 0.0698 e. The van der Waals surface area contributed by atoms with E-state index < -0.39 is 0 Å². The summed E-state index contributed by atoms with van der Waals surface area (Å²) >= 11 is 4.99. The van der Waals surface area contributed by atoms with Gasteiger partial charge >= 0.3 is 0 Å². The van der Waals surface area contributed by atoms with Gasteiger partial charge in [-0.2, -0.15) is 0 Å². The summed E-state index contributed by atoms with van der Waals surface area (Å²) in [6.45, 7) is 0. The first kappa shape index (κ1) is 12.6. The topological polar surface area (TPSA) is 0 Å². The molecular weight excluding hydrogens is 316 g/mol. The molecule has 3 aromatic rings. The lowest BCUT2D eigenvalue weighted by Crippen LogP contribution is -1.77. The summed E-state index contributed by atoms with van der Waals surface area (Å²) < 4.78 is 1.20. The monoisotopic (exact) mass is 328 g/mol. The van der Waals surface area contributed by atoms with Crippen molar-refractivity contribution in [2.45, 2.75) is 6.42 Å². The third-order valence-corrected chi connectivity index (χ3v) is 4.67. The average Bonchev–Trinajstić information content (AvgIpc) is 3.06. The Hall–Kier alpha value is -1.38. The van der Waals surface area contributed by atoms with Crippen molar-refractivity contribution in [1.82, 2.24) is 0 Å². The van der Waals surface area contributed by atoms with Crippen LogP contribution in [0.3, 0.4) is 0 Å². The third kappa shape index (κ3) is 2.80. The second kappa shape index (κ2) is 5.72. The lowest BCUT2D eigenvalue weighted by atomic mass is 10.1. The van der Waals surface area contributed by atoms with Crippen molar-refractivity contribution in [3.05, 3.63) is 81.0 Å². The fourth-order valence-electron chi connectivity index (χ4n) is 2.34. The summed E-state index contributed by atoms with van der Waals surface area (Å²) in [4.78, 5) is 0. The van der Waals surface area contributed by atoms with Crippen molar-refractivity contribution < 1.29 is 0 Å². The van der Waals surface area contributed by atoms with Gasteiger partial charge in [-0.1, -0.05) is 54.6 Å². The molecule has 0 saturated heterocycles. The molecule has 94 valence electrons. The van der Waals surface area contributed by atoms with Crippen LogP contribution in [0.1, 0.15) is 11.1 Å². The quantitative estimate of drug-likeness (QED) is 0.384. The van der Waals surface area contributed by atoms with Gasteiger partial charge in [0.2, 0.25) is 0 Å². The maximum atomic E-state index is 3.30. The van der Waals surface area contributed by atoms with Gasteiger partial charge in [0, 0.05) is 0 Å². The van der Waals surface area contributed by atoms with Crippen LogP contribution >= 0.6 is 27.3 Å². The van der Waals surface area contributed by atoms with Crippen molar-refractivity contribution in [2.24, 2.45) is 0 Å². The van der Waals surface area contributed by atoms with Gasteiger partial charge in [0.1, 0.15) is 0 Å². The number of benzene rings is 2. The molecule has 2 heteroatoms. The van der Waals surface area contributed by atoms with Gasteiger partial charge in [-0.3, -0.25) is 0 Å². The van der Waals surface area contributed by atoms with Gasteiger partial charge in [-0.15, -0.1) is 11.3 Å². The van der Waals surface area contributed by atoms with Gasteiger partial charge < -0.3 is 0 Å². The van der Waals surface area contributed by atoms with E-state index in [4.69, 9.17) is 0 Å². The number of fused-ring (bicyclic) bond motifs is 3. The van der Waals surface area contributed by atoms with E-state index in [-0.39, 0.29) is 0 Å². The van der Waals surface area contributed by atoms with E-state index >= 15 is 0 Å². The minimum absolute atomic E-state index is 1.10. The van der Waals surface area contributed by atoms with Crippen LogP contribution in [-0.4, -0.2) is 0 Å². The van der Waals surface area contributed by atoms with Gasteiger partial charge in [-0.05, 0) is 56.1 Å². The standard InChI is InChI=1S/C13H10.C4H3BrS/c1-3-7-12-10(5-1)9-11-6-2-4-8-13(11)12;5-4-2-1-3-6-4/h1-8H,9H2;1-3H. The van der Waals surface area contributed by atoms with Crippen molar-refractivity contribution >= 4 is 27.3 Å². The number of thiophene rings is 1. The lowest BCUT2D eigenvalue weighted by Gasteiger charge is -1.98. The first-order valence-corrected chi connectivity index (χ1v) is 7.87. The van der Waals surface area contributed by atoms with E-state index in [1.54, 1.807) is 11.3 Å². The van der Waals surface area contributed by atoms with Crippen molar-refractivity contribution in [3.63, 3.8) is 0 Å². The Balaban J connectivity index is 0.000000155. The largest absolute Gasteiger partial charge is 0.137 e. The zero-order valence-electron chi connectivity index (χ0n) is 10.3. The summed E-state index contributed by atoms with van der Waals surface area (Å²) in [5.41, 5.74) is 5.75. The molecule has 1 aliphatic rings. The third-order valence-electron chi connectivity index (χ3n) is 3.19. The molecule has 0 saturated carbocycles. The molecule has 0 fully saturated rings. The highest BCUT2D eigenvalue weighted by molar-refractivity contribution is 9.11. The Bertz CT molecular complexity index is 628. The Morgan fingerprint density at radius 2 is 1.32 bits per heavy atom. The number of rotatable bonds is 0. The van der Waals surface area contributed by atoms with Crippen LogP contribution in [0.4, 0.5) is 0 Å². The molecule has 0 unspecified atom stereocenters. The van der Waals surface area contributed by atoms with Crippen LogP contribution < -0.4 is 0 Å². The smallest absolute Gasteiger partial charge is 0.0698 e. The van der Waals surface area contributed by atoms with Crippen LogP contribution in [0, 0.1) is 0 Å². The highest BCUT2D eigenvalue weighted by Gasteiger charge is 2.15. The van der Waals surface area contributed by atoms with Crippen molar-refractivity contribution in [3.8, 4) is 11.1 Å². The van der Waals surface area contributed by atoms with Crippen LogP contribution in [-0.2, 0) is 6.42 Å². The predicted octanol–water partition coefficient (Wildman–Crippen LogP) is 5.77. The van der Waals surface area contributed by atoms with Crippen molar-refractivity contribution in [2.75, 3.05) is 0 Å². The highest BCUT2D eigenvalue weighted by Crippen LogP contribution is 2.35. The molecule has 0 atom stereocenters. The van der Waals surface area contributed by atoms with E-state index in [1.807, 2.05) is 17.5 Å². The summed E-state index contributed by atoms with van der Waals surface area (Å²) in [6.07, 6.45) is 1.10. The molecule has 0 radical (unpaired) electrons. The molecule has 0 nitrogen and oxygen atoms in total. The van der Waals surface area contributed by atoms with E-state index in [0.29, 0.717) is 0 Å². The first-order valence-electron chi connectivity index (χ1n) is 6.20. The molecule has 19 heavy (non-hydrogen) atoms. The fraction of sp³-hybridized carbons (Fsp3) is 0.0588. The van der Waals surface area contributed by atoms with E-state index in [0.717, 1.165) is 6.42 Å². The summed E-state index contributed by atoms with van der Waals surface area (Å²) in [7, 11) is 0. The molecule has 0 bridgehead atoms. The molecule has 0 spiro atoms. The average molecular weight is 329 g/mol. The van der Waals surface area contributed by atoms with Crippen LogP contribution in [0.15, 0.2) is 69.8 Å². The van der Waals surface area contributed by atoms with E-state index in [9.17, 15) is 0 Å². The summed E-state index contributed by atoms with van der Waals surface area (Å²) in [5, 5.41) is 2.03. The molecule has 1 heterocycles. The zero-order chi connectivity index (χ0) is 13.1. The molecule has 2 aromatic carbocycles. The molecule has 0 aliphatic heterocycles. The summed E-state index contributed by atoms with van der Waals surface area (Å²) in [6, 6.07) is 21.3. The van der Waals surface area contributed by atoms with Gasteiger partial charge in [0.05, 0.1) is 3.79 Å². The van der Waals surface area contributed by atoms with Gasteiger partial charge in [-0.25, -0.2) is 0 Å². The first-order chi connectivity index (χ1) is 9.34. The van der Waals surface area contributed by atoms with E-state index in [2.05, 4.69) is 64.5 Å². The highest BCUT2D eigenvalue weighted by atomic mass is 79.9. The van der Waals surface area contributed by atoms with Crippen LogP contribution in [0.5, 0.6) is 0 Å². The number of halogens is 1.